The van der Waals surface area contributed by atoms with Crippen LogP contribution in [0, 0.1) is 12.8 Å². The molecule has 0 unspecified atom stereocenters. The molecule has 39 heavy (non-hydrogen) atoms. The van der Waals surface area contributed by atoms with Crippen molar-refractivity contribution in [1.29, 1.82) is 0 Å². The Labute approximate surface area is 230 Å². The van der Waals surface area contributed by atoms with Gasteiger partial charge < -0.3 is 20.5 Å². The molecule has 3 heterocycles. The van der Waals surface area contributed by atoms with Crippen LogP contribution in [0.3, 0.4) is 0 Å². The molecule has 8 heteroatoms. The molecule has 2 aromatic rings. The first-order chi connectivity index (χ1) is 18.7. The van der Waals surface area contributed by atoms with E-state index in [0.717, 1.165) is 41.7 Å². The van der Waals surface area contributed by atoms with Crippen LogP contribution in [-0.2, 0) is 4.79 Å². The molecule has 0 saturated heterocycles. The molecule has 8 nitrogen and oxygen atoms in total. The topological polar surface area (TPSA) is 106 Å². The minimum absolute atomic E-state index is 0.0517. The molecule has 0 radical (unpaired) electrons. The fraction of sp³-hybridized carbons (Fsp3) is 0.452. The van der Waals surface area contributed by atoms with E-state index in [-0.39, 0.29) is 35.8 Å². The zero-order chi connectivity index (χ0) is 27.7. The third-order valence-electron chi connectivity index (χ3n) is 8.27. The summed E-state index contributed by atoms with van der Waals surface area (Å²) in [5, 5.41) is 3.23. The van der Waals surface area contributed by atoms with Crippen LogP contribution in [-0.4, -0.2) is 41.4 Å². The summed E-state index contributed by atoms with van der Waals surface area (Å²) in [5.41, 5.74) is 9.34. The van der Waals surface area contributed by atoms with Gasteiger partial charge in [-0.2, -0.15) is 0 Å². The Morgan fingerprint density at radius 1 is 1.23 bits per heavy atom. The van der Waals surface area contributed by atoms with Gasteiger partial charge >= 0.3 is 0 Å². The summed E-state index contributed by atoms with van der Waals surface area (Å²) in [6, 6.07) is 10.9. The first kappa shape index (κ1) is 26.8. The minimum atomic E-state index is -0.503. The summed E-state index contributed by atoms with van der Waals surface area (Å²) in [4.78, 5) is 33.5. The van der Waals surface area contributed by atoms with Gasteiger partial charge in [-0.15, -0.1) is 6.58 Å². The Morgan fingerprint density at radius 3 is 2.74 bits per heavy atom. The lowest BCUT2D eigenvalue weighted by Gasteiger charge is -2.42. The maximum absolute atomic E-state index is 13.5. The number of nitrogens with two attached hydrogens (primary N) is 1. The quantitative estimate of drug-likeness (QED) is 0.491. The number of ether oxygens (including phenoxy) is 2. The van der Waals surface area contributed by atoms with Crippen LogP contribution < -0.4 is 20.5 Å². The predicted octanol–water partition coefficient (Wildman–Crippen LogP) is 4.98. The fourth-order valence-electron chi connectivity index (χ4n) is 5.96. The van der Waals surface area contributed by atoms with E-state index in [2.05, 4.69) is 24.9 Å². The van der Waals surface area contributed by atoms with Gasteiger partial charge in [-0.05, 0) is 50.5 Å². The summed E-state index contributed by atoms with van der Waals surface area (Å²) >= 11 is 0. The molecule has 206 valence electrons. The van der Waals surface area contributed by atoms with Crippen LogP contribution in [0.15, 0.2) is 54.0 Å². The Kier molecular flexibility index (Phi) is 7.38. The van der Waals surface area contributed by atoms with E-state index in [1.54, 1.807) is 11.0 Å². The van der Waals surface area contributed by atoms with Crippen molar-refractivity contribution in [2.24, 2.45) is 16.6 Å². The first-order valence-corrected chi connectivity index (χ1v) is 13.8. The predicted molar refractivity (Wildman–Crippen MR) is 151 cm³/mol. The highest BCUT2D eigenvalue weighted by atomic mass is 16.5. The second kappa shape index (κ2) is 10.8. The normalized spacial score (nSPS) is 25.9. The maximum Gasteiger partial charge on any atom is 0.251 e. The van der Waals surface area contributed by atoms with Crippen LogP contribution >= 0.6 is 0 Å². The molecule has 0 aromatic heterocycles. The molecule has 2 aromatic carbocycles. The van der Waals surface area contributed by atoms with Gasteiger partial charge in [0, 0.05) is 29.0 Å². The Morgan fingerprint density at radius 2 is 2.00 bits per heavy atom. The van der Waals surface area contributed by atoms with Gasteiger partial charge in [0.25, 0.3) is 5.91 Å². The molecule has 4 atom stereocenters. The van der Waals surface area contributed by atoms with Gasteiger partial charge in [-0.3, -0.25) is 14.5 Å². The number of aliphatic imine (C=N–C) groups is 1. The van der Waals surface area contributed by atoms with E-state index in [1.165, 1.54) is 0 Å². The number of carbonyl (C=O) groups excluding carboxylic acids is 2. The molecule has 0 bridgehead atoms. The van der Waals surface area contributed by atoms with Crippen molar-refractivity contribution in [1.82, 2.24) is 10.2 Å². The van der Waals surface area contributed by atoms with E-state index < -0.39 is 5.54 Å². The summed E-state index contributed by atoms with van der Waals surface area (Å²) < 4.78 is 11.8. The number of guanidine groups is 1. The molecule has 2 amide bonds. The van der Waals surface area contributed by atoms with Crippen molar-refractivity contribution in [2.45, 2.75) is 70.5 Å². The molecular weight excluding hydrogens is 492 g/mol. The summed E-state index contributed by atoms with van der Waals surface area (Å²) in [6.45, 7) is 10.9. The number of hydrogen-bond donors (Lipinski definition) is 2. The lowest BCUT2D eigenvalue weighted by molar-refractivity contribution is -0.132. The number of carbonyl (C=O) groups is 2. The average Bonchev–Trinajstić information content (AvgIpc) is 2.93. The van der Waals surface area contributed by atoms with Crippen molar-refractivity contribution in [3.8, 4) is 11.5 Å². The van der Waals surface area contributed by atoms with Gasteiger partial charge in [0.05, 0.1) is 37.3 Å². The van der Waals surface area contributed by atoms with Gasteiger partial charge in [-0.25, -0.2) is 4.99 Å². The zero-order valence-corrected chi connectivity index (χ0v) is 23.0. The van der Waals surface area contributed by atoms with E-state index >= 15 is 0 Å². The number of aryl methyl sites for hydroxylation is 1. The number of fused-ring (bicyclic) bond motifs is 2. The second-order valence-electron chi connectivity index (χ2n) is 11.0. The van der Waals surface area contributed by atoms with Crippen LogP contribution in [0.1, 0.15) is 85.1 Å². The lowest BCUT2D eigenvalue weighted by atomic mass is 9.85. The van der Waals surface area contributed by atoms with E-state index in [1.807, 2.05) is 44.2 Å². The number of nitrogens with one attached hydrogen (secondary N) is 1. The molecule has 0 fully saturated rings. The van der Waals surface area contributed by atoms with Crippen molar-refractivity contribution < 1.29 is 19.1 Å². The van der Waals surface area contributed by atoms with Crippen LogP contribution in [0.25, 0.3) is 0 Å². The second-order valence-corrected chi connectivity index (χ2v) is 11.0. The van der Waals surface area contributed by atoms with E-state index in [4.69, 9.17) is 20.2 Å². The molecule has 0 spiro atoms. The standard InChI is InChI=1S/C31H38N4O4/c1-5-7-13-31(6-2)17-27(36)35(30(32)34-31)24-12-14-38-25-11-9-21(16-22(24)25)29(37)33-28-20(4)18-39-26-10-8-19(3)15-23(26)28/h5,8-11,15-16,20,24,28H,1,6-7,12-14,17-18H2,2-4H3,(H2,32,34)(H,33,37)/t20-,24-,28+,31-/m1/s1. The molecular formula is C31H38N4O4. The van der Waals surface area contributed by atoms with Gasteiger partial charge in [0.1, 0.15) is 11.5 Å². The van der Waals surface area contributed by atoms with Crippen molar-refractivity contribution in [2.75, 3.05) is 13.2 Å². The molecule has 3 aliphatic rings. The number of hydrogen-bond acceptors (Lipinski definition) is 6. The fourth-order valence-corrected chi connectivity index (χ4v) is 5.96. The van der Waals surface area contributed by atoms with Crippen molar-refractivity contribution in [3.05, 3.63) is 71.3 Å². The number of rotatable bonds is 7. The van der Waals surface area contributed by atoms with Crippen LogP contribution in [0.4, 0.5) is 0 Å². The average molecular weight is 531 g/mol. The highest BCUT2D eigenvalue weighted by molar-refractivity contribution is 6.00. The van der Waals surface area contributed by atoms with Crippen molar-refractivity contribution >= 4 is 17.8 Å². The summed E-state index contributed by atoms with van der Waals surface area (Å²) in [5.74, 6) is 1.56. The summed E-state index contributed by atoms with van der Waals surface area (Å²) in [7, 11) is 0. The molecule has 3 aliphatic heterocycles. The SMILES string of the molecule is C=CCC[C@]1(CC)CC(=O)N([C@@H]2CCOc3ccc(C(=O)N[C@@H]4c5cc(C)ccc5OC[C@H]4C)cc32)C(N)=N1. The van der Waals surface area contributed by atoms with Crippen LogP contribution in [0.2, 0.25) is 0 Å². The van der Waals surface area contributed by atoms with Crippen molar-refractivity contribution in [3.63, 3.8) is 0 Å². The minimum Gasteiger partial charge on any atom is -0.493 e. The number of allylic oxidation sites excluding steroid dienone is 1. The van der Waals surface area contributed by atoms with Gasteiger partial charge in [-0.1, -0.05) is 37.6 Å². The van der Waals surface area contributed by atoms with Gasteiger partial charge in [0.2, 0.25) is 5.91 Å². The summed E-state index contributed by atoms with van der Waals surface area (Å²) in [6.07, 6.45) is 4.94. The molecule has 0 saturated carbocycles. The third-order valence-corrected chi connectivity index (χ3v) is 8.27. The van der Waals surface area contributed by atoms with E-state index in [0.29, 0.717) is 37.4 Å². The number of benzene rings is 2. The number of amides is 2. The monoisotopic (exact) mass is 530 g/mol. The third kappa shape index (κ3) is 5.12. The first-order valence-electron chi connectivity index (χ1n) is 13.8. The Bertz CT molecular complexity index is 1320. The lowest BCUT2D eigenvalue weighted by Crippen LogP contribution is -2.53. The smallest absolute Gasteiger partial charge is 0.251 e. The largest absolute Gasteiger partial charge is 0.493 e. The van der Waals surface area contributed by atoms with Crippen LogP contribution in [0.5, 0.6) is 11.5 Å². The molecule has 5 rings (SSSR count). The number of nitrogens with zero attached hydrogens (tertiary/aromatic N) is 2. The van der Waals surface area contributed by atoms with Gasteiger partial charge in [0.15, 0.2) is 5.96 Å². The van der Waals surface area contributed by atoms with E-state index in [9.17, 15) is 9.59 Å². The Balaban J connectivity index is 1.42. The molecule has 3 N–H and O–H groups in total. The maximum atomic E-state index is 13.5. The Hall–Kier alpha value is -3.81. The highest BCUT2D eigenvalue weighted by Crippen LogP contribution is 2.41. The highest BCUT2D eigenvalue weighted by Gasteiger charge is 2.42. The molecule has 0 aliphatic carbocycles. The zero-order valence-electron chi connectivity index (χ0n) is 23.0.